The molecule has 11 nitrogen and oxygen atoms in total. The van der Waals surface area contributed by atoms with Crippen molar-refractivity contribution < 1.29 is 4.79 Å². The molecule has 36 heavy (non-hydrogen) atoms. The van der Waals surface area contributed by atoms with E-state index in [1.165, 1.54) is 29.2 Å². The highest BCUT2D eigenvalue weighted by Crippen LogP contribution is 2.39. The molecular weight excluding hydrogens is 458 g/mol. The number of anilines is 1. The normalized spacial score (nSPS) is 19.3. The molecule has 0 saturated carbocycles. The molecule has 0 aliphatic carbocycles. The molecule has 4 aromatic heterocycles. The van der Waals surface area contributed by atoms with E-state index in [4.69, 9.17) is 5.73 Å². The molecule has 1 fully saturated rings. The molecule has 0 unspecified atom stereocenters. The van der Waals surface area contributed by atoms with Gasteiger partial charge in [0.2, 0.25) is 5.56 Å². The number of hydrogen-bond donors (Lipinski definition) is 3. The lowest BCUT2D eigenvalue weighted by Crippen LogP contribution is -2.45. The van der Waals surface area contributed by atoms with Gasteiger partial charge < -0.3 is 20.9 Å². The third-order valence-electron chi connectivity index (χ3n) is 6.83. The number of nitriles is 1. The highest BCUT2D eigenvalue weighted by atomic mass is 16.1. The van der Waals surface area contributed by atoms with E-state index in [0.717, 1.165) is 24.1 Å². The van der Waals surface area contributed by atoms with Gasteiger partial charge in [-0.15, -0.1) is 0 Å². The van der Waals surface area contributed by atoms with E-state index >= 15 is 0 Å². The number of nitrogens with one attached hydrogen (secondary N) is 2. The molecule has 0 bridgehead atoms. The summed E-state index contributed by atoms with van der Waals surface area (Å²) in [5, 5.41) is 20.6. The van der Waals surface area contributed by atoms with E-state index in [9.17, 15) is 14.9 Å². The quantitative estimate of drug-likeness (QED) is 0.371. The average molecular weight is 484 g/mol. The summed E-state index contributed by atoms with van der Waals surface area (Å²) in [7, 11) is 1.69. The highest BCUT2D eigenvalue weighted by Gasteiger charge is 2.46. The Hall–Kier alpha value is -4.56. The number of carbonyl (C=O) groups excluding carboxylic acids is 1. The zero-order valence-electron chi connectivity index (χ0n) is 19.9. The second kappa shape index (κ2) is 8.90. The summed E-state index contributed by atoms with van der Waals surface area (Å²) in [6, 6.07) is 7.21. The first kappa shape index (κ1) is 23.2. The molecule has 0 spiro atoms. The molecule has 4 N–H and O–H groups in total. The summed E-state index contributed by atoms with van der Waals surface area (Å²) in [5.41, 5.74) is 8.32. The van der Waals surface area contributed by atoms with Gasteiger partial charge in [0.1, 0.15) is 11.6 Å². The zero-order chi connectivity index (χ0) is 25.4. The standard InChI is InChI=1S/C25H25N9O2/c1-3-18-10-28-14-25(18,24-29-8-15(7-26)9-30-24)32-22-19(23(27)36)11-31-34-13-17(6-20(22)34)16-4-5-21(35)33(2)12-16/h4-6,8-9,11-13,18,28,32H,3,10,14H2,1-2H3,(H2,27,36)/t18-,25+/m0/s1. The Bertz CT molecular complexity index is 1570. The van der Waals surface area contributed by atoms with Crippen LogP contribution in [0.15, 0.2) is 54.0 Å². The lowest BCUT2D eigenvalue weighted by molar-refractivity contribution is 0.100. The molecule has 5 heterocycles. The molecule has 2 atom stereocenters. The summed E-state index contributed by atoms with van der Waals surface area (Å²) in [6.07, 6.45) is 8.85. The number of nitrogens with zero attached hydrogens (tertiary/aromatic N) is 6. The molecule has 1 aliphatic heterocycles. The minimum absolute atomic E-state index is 0.0949. The van der Waals surface area contributed by atoms with Gasteiger partial charge in [-0.2, -0.15) is 10.4 Å². The number of nitrogens with two attached hydrogens (primary N) is 1. The Balaban J connectivity index is 1.69. The Kier molecular flexibility index (Phi) is 5.74. The van der Waals surface area contributed by atoms with Crippen LogP contribution in [-0.4, -0.2) is 43.1 Å². The number of rotatable bonds is 6. The summed E-state index contributed by atoms with van der Waals surface area (Å²) >= 11 is 0. The van der Waals surface area contributed by atoms with Crippen molar-refractivity contribution in [2.75, 3.05) is 18.4 Å². The second-order valence-corrected chi connectivity index (χ2v) is 8.96. The fourth-order valence-electron chi connectivity index (χ4n) is 4.86. The van der Waals surface area contributed by atoms with Crippen molar-refractivity contribution in [1.29, 1.82) is 5.26 Å². The first-order valence-electron chi connectivity index (χ1n) is 11.6. The fraction of sp³-hybridized carbons (Fsp3) is 0.280. The molecule has 1 aliphatic rings. The number of amides is 1. The van der Waals surface area contributed by atoms with Crippen molar-refractivity contribution >= 4 is 17.1 Å². The minimum atomic E-state index is -0.754. The largest absolute Gasteiger partial charge is 0.369 e. The van der Waals surface area contributed by atoms with Gasteiger partial charge >= 0.3 is 0 Å². The van der Waals surface area contributed by atoms with E-state index in [2.05, 4.69) is 38.7 Å². The van der Waals surface area contributed by atoms with E-state index < -0.39 is 11.4 Å². The Morgan fingerprint density at radius 3 is 2.72 bits per heavy atom. The van der Waals surface area contributed by atoms with Gasteiger partial charge in [0.15, 0.2) is 5.82 Å². The predicted octanol–water partition coefficient (Wildman–Crippen LogP) is 1.40. The van der Waals surface area contributed by atoms with E-state index in [-0.39, 0.29) is 17.0 Å². The smallest absolute Gasteiger partial charge is 0.252 e. The van der Waals surface area contributed by atoms with Crippen LogP contribution in [0.4, 0.5) is 5.69 Å². The first-order valence-corrected chi connectivity index (χ1v) is 11.6. The number of aryl methyl sites for hydroxylation is 1. The Morgan fingerprint density at radius 2 is 2.06 bits per heavy atom. The van der Waals surface area contributed by atoms with Crippen molar-refractivity contribution in [1.82, 2.24) is 29.5 Å². The SMILES string of the molecule is CC[C@H]1CNC[C@]1(Nc1c(C(N)=O)cnn2cc(-c3ccc(=O)n(C)c3)cc12)c1ncc(C#N)cn1. The molecule has 182 valence electrons. The van der Waals surface area contributed by atoms with Crippen LogP contribution in [0.5, 0.6) is 0 Å². The van der Waals surface area contributed by atoms with Gasteiger partial charge in [0.25, 0.3) is 5.91 Å². The summed E-state index contributed by atoms with van der Waals surface area (Å²) in [5.74, 6) is -0.00158. The monoisotopic (exact) mass is 483 g/mol. The third kappa shape index (κ3) is 3.77. The third-order valence-corrected chi connectivity index (χ3v) is 6.83. The molecule has 1 saturated heterocycles. The van der Waals surface area contributed by atoms with Crippen LogP contribution in [0.2, 0.25) is 0 Å². The molecule has 1 amide bonds. The van der Waals surface area contributed by atoms with Crippen LogP contribution < -0.4 is 21.9 Å². The number of hydrogen-bond acceptors (Lipinski definition) is 8. The van der Waals surface area contributed by atoms with Crippen molar-refractivity contribution in [2.45, 2.75) is 18.9 Å². The van der Waals surface area contributed by atoms with Crippen LogP contribution in [0, 0.1) is 17.2 Å². The predicted molar refractivity (Wildman–Crippen MR) is 133 cm³/mol. The van der Waals surface area contributed by atoms with Crippen molar-refractivity contribution in [2.24, 2.45) is 18.7 Å². The highest BCUT2D eigenvalue weighted by molar-refractivity contribution is 6.02. The maximum Gasteiger partial charge on any atom is 0.252 e. The van der Waals surface area contributed by atoms with Gasteiger partial charge in [-0.3, -0.25) is 9.59 Å². The average Bonchev–Trinajstić information content (AvgIpc) is 3.50. The van der Waals surface area contributed by atoms with Crippen LogP contribution in [0.25, 0.3) is 16.6 Å². The zero-order valence-corrected chi connectivity index (χ0v) is 19.9. The molecule has 5 rings (SSSR count). The fourth-order valence-corrected chi connectivity index (χ4v) is 4.86. The van der Waals surface area contributed by atoms with Crippen molar-refractivity contribution in [3.05, 3.63) is 76.5 Å². The topological polar surface area (TPSA) is 156 Å². The van der Waals surface area contributed by atoms with Crippen molar-refractivity contribution in [3.8, 4) is 17.2 Å². The first-order chi connectivity index (χ1) is 17.4. The number of carbonyl (C=O) groups is 1. The summed E-state index contributed by atoms with van der Waals surface area (Å²) in [4.78, 5) is 33.4. The Morgan fingerprint density at radius 1 is 1.28 bits per heavy atom. The van der Waals surface area contributed by atoms with E-state index in [1.807, 2.05) is 12.3 Å². The van der Waals surface area contributed by atoms with Gasteiger partial charge in [-0.05, 0) is 24.1 Å². The molecule has 0 radical (unpaired) electrons. The van der Waals surface area contributed by atoms with E-state index in [1.54, 1.807) is 23.8 Å². The number of aromatic nitrogens is 5. The van der Waals surface area contributed by atoms with Crippen LogP contribution in [0.3, 0.4) is 0 Å². The molecule has 4 aromatic rings. The van der Waals surface area contributed by atoms with Crippen molar-refractivity contribution in [3.63, 3.8) is 0 Å². The van der Waals surface area contributed by atoms with E-state index in [0.29, 0.717) is 29.1 Å². The lowest BCUT2D eigenvalue weighted by Gasteiger charge is -2.35. The van der Waals surface area contributed by atoms with Gasteiger partial charge in [-0.25, -0.2) is 14.5 Å². The number of fused-ring (bicyclic) bond motifs is 1. The van der Waals surface area contributed by atoms with Crippen LogP contribution in [-0.2, 0) is 12.6 Å². The molecule has 11 heteroatoms. The van der Waals surface area contributed by atoms with Gasteiger partial charge in [0.05, 0.1) is 28.5 Å². The van der Waals surface area contributed by atoms with Gasteiger partial charge in [-0.1, -0.05) is 6.92 Å². The lowest BCUT2D eigenvalue weighted by atomic mass is 9.83. The molecular formula is C25H25N9O2. The summed E-state index contributed by atoms with van der Waals surface area (Å²) < 4.78 is 3.18. The maximum atomic E-state index is 12.5. The molecule has 0 aromatic carbocycles. The number of primary amides is 1. The minimum Gasteiger partial charge on any atom is -0.369 e. The van der Waals surface area contributed by atoms with Gasteiger partial charge in [0, 0.05) is 62.5 Å². The maximum absolute atomic E-state index is 12.5. The second-order valence-electron chi connectivity index (χ2n) is 8.96. The van der Waals surface area contributed by atoms with Crippen LogP contribution >= 0.6 is 0 Å². The Labute approximate surface area is 206 Å². The number of pyridine rings is 1. The summed E-state index contributed by atoms with van der Waals surface area (Å²) in [6.45, 7) is 3.33. The van der Waals surface area contributed by atoms with Crippen LogP contribution in [0.1, 0.15) is 35.1 Å².